The van der Waals surface area contributed by atoms with Gasteiger partial charge in [-0.05, 0) is 160 Å². The second-order valence-electron chi connectivity index (χ2n) is 26.3. The van der Waals surface area contributed by atoms with Crippen molar-refractivity contribution >= 4 is 34.4 Å². The van der Waals surface area contributed by atoms with E-state index in [1.807, 2.05) is 36.4 Å². The molecular weight excluding hydrogens is 1090 g/mol. The minimum atomic E-state index is -2.23. The van der Waals surface area contributed by atoms with E-state index in [2.05, 4.69) is 106 Å². The molecule has 0 radical (unpaired) electrons. The molecule has 15 heteroatoms. The predicted molar refractivity (Wildman–Crippen MR) is 339 cm³/mol. The number of Topliss-reactive ketones (excluding diaryl/α,β-unsaturated/α-hetero) is 1. The van der Waals surface area contributed by atoms with Crippen molar-refractivity contribution < 1.29 is 61.1 Å². The quantitative estimate of drug-likeness (QED) is 0.0241. The first-order valence-corrected chi connectivity index (χ1v) is 37.7. The maximum absolute atomic E-state index is 13.7. The van der Waals surface area contributed by atoms with Gasteiger partial charge < -0.3 is 46.7 Å². The zero-order chi connectivity index (χ0) is 61.5. The number of hydrogen-bond donors (Lipinski definition) is 0. The van der Waals surface area contributed by atoms with Gasteiger partial charge in [0.05, 0.1) is 32.5 Å². The Morgan fingerprint density at radius 2 is 1.29 bits per heavy atom. The Morgan fingerprint density at radius 1 is 0.726 bits per heavy atom. The second-order valence-corrected chi connectivity index (χ2v) is 35.9. The molecule has 0 saturated carbocycles. The molecule has 0 bridgehead atoms. The number of carbonyl (C=O) groups is 3. The Hall–Kier alpha value is -4.12. The number of esters is 2. The number of allylic oxidation sites excluding steroid dienone is 2. The lowest BCUT2D eigenvalue weighted by atomic mass is 9.78. The molecule has 6 rings (SSSR count). The first-order valence-electron chi connectivity index (χ1n) is 31.8. The molecule has 2 unspecified atom stereocenters. The van der Waals surface area contributed by atoms with Crippen molar-refractivity contribution in [2.24, 2.45) is 5.92 Å². The Morgan fingerprint density at radius 3 is 1.82 bits per heavy atom. The second kappa shape index (κ2) is 34.4. The van der Waals surface area contributed by atoms with E-state index >= 15 is 0 Å². The number of methoxy groups -OCH3 is 2. The van der Waals surface area contributed by atoms with Gasteiger partial charge in [0, 0.05) is 37.2 Å². The van der Waals surface area contributed by atoms with E-state index in [1.165, 1.54) is 39.9 Å². The van der Waals surface area contributed by atoms with Gasteiger partial charge in [0.15, 0.2) is 48.2 Å². The van der Waals surface area contributed by atoms with Gasteiger partial charge in [0.25, 0.3) is 0 Å². The zero-order valence-electron chi connectivity index (χ0n) is 54.3. The minimum absolute atomic E-state index is 0.000642. The molecule has 4 aliphatic rings. The van der Waals surface area contributed by atoms with Crippen molar-refractivity contribution in [1.82, 2.24) is 0 Å². The number of ether oxygens (including phenoxy) is 8. The van der Waals surface area contributed by atoms with E-state index in [-0.39, 0.29) is 65.9 Å². The zero-order valence-corrected chi connectivity index (χ0v) is 56.3. The standard InChI is InChI=1S/C35H54O7Si.C34H54O6Si/c1-8-9-10-14-25(41-32-17-11-12-20-39-32)18-19-27-29(36)22-24-21-28-26(15-13-16-30(28)40-23-31(37)38-5)34(33(24)27)42-43(6,7)35(2,3)4;1-9-11-12-19-27(39-33-24-15-16-25-37-33)20-13-14-22-31(40-41(7,8)34(3,4)5)29-21-17-23-30(28(29)18-10-2)38-26-32(35)36-6/h13,15-16,24-25,32,34H,8-12,14,17-23H2,1-7H3;10,17,21,23,27,31,33H,2,9,11-13,15-16,18-20,24-26H2,1,3-8H3/t24-,25-,32?,34+;27-,31-,33?/m00/s1. The Bertz CT molecular complexity index is 2480. The first-order chi connectivity index (χ1) is 40.0. The van der Waals surface area contributed by atoms with Crippen molar-refractivity contribution in [3.63, 3.8) is 0 Å². The summed E-state index contributed by atoms with van der Waals surface area (Å²) < 4.78 is 60.2. The molecule has 2 aliphatic carbocycles. The molecule has 0 aromatic heterocycles. The van der Waals surface area contributed by atoms with Crippen molar-refractivity contribution in [3.8, 4) is 23.3 Å². The summed E-state index contributed by atoms with van der Waals surface area (Å²) in [6.07, 6.45) is 21.4. The molecule has 2 aliphatic heterocycles. The van der Waals surface area contributed by atoms with E-state index < -0.39 is 34.7 Å². The van der Waals surface area contributed by atoms with Crippen LogP contribution in [-0.2, 0) is 64.5 Å². The fourth-order valence-electron chi connectivity index (χ4n) is 10.8. The summed E-state index contributed by atoms with van der Waals surface area (Å²) >= 11 is 0. The number of fused-ring (bicyclic) bond motifs is 2. The number of hydrogen-bond acceptors (Lipinski definition) is 13. The van der Waals surface area contributed by atoms with Gasteiger partial charge in [0.2, 0.25) is 0 Å². The maximum atomic E-state index is 13.7. The van der Waals surface area contributed by atoms with Crippen LogP contribution in [0.1, 0.15) is 212 Å². The van der Waals surface area contributed by atoms with Crippen LogP contribution in [0.2, 0.25) is 36.3 Å². The molecular formula is C69H108O13Si2. The Kier molecular flexibility index (Phi) is 29.0. The highest BCUT2D eigenvalue weighted by molar-refractivity contribution is 6.74. The first kappa shape index (κ1) is 70.6. The third-order valence-electron chi connectivity index (χ3n) is 17.9. The number of carbonyl (C=O) groups excluding carboxylic acids is 3. The van der Waals surface area contributed by atoms with Crippen LogP contribution in [-0.4, -0.2) is 99.8 Å². The molecule has 2 heterocycles. The number of ketones is 1. The highest BCUT2D eigenvalue weighted by Gasteiger charge is 2.47. The fraction of sp³-hybridized carbons (Fsp3) is 0.696. The average molecular weight is 1200 g/mol. The molecule has 2 saturated heterocycles. The van der Waals surface area contributed by atoms with Gasteiger partial charge in [-0.2, -0.15) is 0 Å². The van der Waals surface area contributed by atoms with Crippen LogP contribution in [0.5, 0.6) is 11.5 Å². The van der Waals surface area contributed by atoms with E-state index in [9.17, 15) is 14.4 Å². The van der Waals surface area contributed by atoms with E-state index in [0.717, 1.165) is 130 Å². The molecule has 2 aromatic rings. The van der Waals surface area contributed by atoms with Crippen molar-refractivity contribution in [1.29, 1.82) is 0 Å². The predicted octanol–water partition coefficient (Wildman–Crippen LogP) is 16.3. The normalized spacial score (nSPS) is 20.2. The van der Waals surface area contributed by atoms with Gasteiger partial charge >= 0.3 is 11.9 Å². The maximum Gasteiger partial charge on any atom is 0.343 e. The fourth-order valence-corrected chi connectivity index (χ4v) is 13.2. The summed E-state index contributed by atoms with van der Waals surface area (Å²) in [6, 6.07) is 11.8. The summed E-state index contributed by atoms with van der Waals surface area (Å²) in [4.78, 5) is 37.4. The van der Waals surface area contributed by atoms with E-state index in [1.54, 1.807) is 0 Å². The number of benzene rings is 2. The lowest BCUT2D eigenvalue weighted by Crippen LogP contribution is -2.43. The Labute approximate surface area is 509 Å². The van der Waals surface area contributed by atoms with Gasteiger partial charge in [-0.15, -0.1) is 12.5 Å². The molecule has 84 heavy (non-hydrogen) atoms. The molecule has 2 fully saturated rings. The largest absolute Gasteiger partial charge is 0.482 e. The van der Waals surface area contributed by atoms with Crippen LogP contribution in [0.15, 0.2) is 60.2 Å². The smallest absolute Gasteiger partial charge is 0.343 e. The van der Waals surface area contributed by atoms with Crippen LogP contribution in [0.4, 0.5) is 0 Å². The number of rotatable bonds is 30. The lowest BCUT2D eigenvalue weighted by Gasteiger charge is -2.43. The summed E-state index contributed by atoms with van der Waals surface area (Å²) in [7, 11) is -1.69. The SMILES string of the molecule is C=CCc1c(OCC(=O)OC)cccc1[C@H](C#CCC[C@H](CCCCC)OC1CCCCO1)O[Si](C)(C)C(C)(C)C.CCCCC[C@@H](CCC1=C2[C@H](CC1=O)Cc1c(OCC(=O)OC)cccc1[C@H]2O[Si](C)(C)C(C)(C)C)OC1CCCCO1. The third kappa shape index (κ3) is 21.3. The van der Waals surface area contributed by atoms with E-state index in [4.69, 9.17) is 46.7 Å². The van der Waals surface area contributed by atoms with Crippen LogP contribution < -0.4 is 9.47 Å². The Balaban J connectivity index is 0.000000308. The van der Waals surface area contributed by atoms with Gasteiger partial charge in [-0.1, -0.05) is 130 Å². The molecule has 13 nitrogen and oxygen atoms in total. The van der Waals surface area contributed by atoms with E-state index in [0.29, 0.717) is 37.2 Å². The van der Waals surface area contributed by atoms with Crippen molar-refractivity contribution in [3.05, 3.63) is 82.5 Å². The lowest BCUT2D eigenvalue weighted by molar-refractivity contribution is -0.190. The molecule has 2 aromatic carbocycles. The summed E-state index contributed by atoms with van der Waals surface area (Å²) in [6.45, 7) is 32.1. The number of unbranched alkanes of at least 4 members (excludes halogenated alkanes) is 4. The monoisotopic (exact) mass is 1200 g/mol. The summed E-state index contributed by atoms with van der Waals surface area (Å²) in [5.74, 6) is 7.67. The highest BCUT2D eigenvalue weighted by atomic mass is 28.4. The summed E-state index contributed by atoms with van der Waals surface area (Å²) in [5, 5.41) is 0.0172. The molecule has 0 amide bonds. The summed E-state index contributed by atoms with van der Waals surface area (Å²) in [5.41, 5.74) is 6.07. The minimum Gasteiger partial charge on any atom is -0.482 e. The van der Waals surface area contributed by atoms with Crippen molar-refractivity contribution in [2.45, 2.75) is 263 Å². The van der Waals surface area contributed by atoms with Crippen LogP contribution in [0.3, 0.4) is 0 Å². The molecule has 0 N–H and O–H groups in total. The molecule has 0 spiro atoms. The molecule has 7 atom stereocenters. The van der Waals surface area contributed by atoms with Crippen molar-refractivity contribution in [2.75, 3.05) is 40.6 Å². The highest BCUT2D eigenvalue weighted by Crippen LogP contribution is 2.53. The average Bonchev–Trinajstić information content (AvgIpc) is 4.00. The van der Waals surface area contributed by atoms with Gasteiger partial charge in [-0.25, -0.2) is 9.59 Å². The van der Waals surface area contributed by atoms with Gasteiger partial charge in [-0.3, -0.25) is 4.79 Å². The van der Waals surface area contributed by atoms with Crippen LogP contribution >= 0.6 is 0 Å². The topological polar surface area (TPSA) is 144 Å². The molecule has 470 valence electrons. The van der Waals surface area contributed by atoms with Crippen LogP contribution in [0, 0.1) is 17.8 Å². The van der Waals surface area contributed by atoms with Gasteiger partial charge in [0.1, 0.15) is 17.6 Å². The van der Waals surface area contributed by atoms with Crippen LogP contribution in [0.25, 0.3) is 0 Å². The third-order valence-corrected chi connectivity index (χ3v) is 26.8.